The summed E-state index contributed by atoms with van der Waals surface area (Å²) in [5.74, 6) is -0.246. The molecule has 1 aromatic rings. The van der Waals surface area contributed by atoms with Gasteiger partial charge in [-0.3, -0.25) is 4.79 Å². The fourth-order valence-corrected chi connectivity index (χ4v) is 2.53. The van der Waals surface area contributed by atoms with Gasteiger partial charge in [0.1, 0.15) is 6.61 Å². The molecule has 1 rings (SSSR count). The first-order chi connectivity index (χ1) is 8.78. The van der Waals surface area contributed by atoms with Crippen molar-refractivity contribution in [3.63, 3.8) is 0 Å². The van der Waals surface area contributed by atoms with Crippen LogP contribution in [0.5, 0.6) is 0 Å². The van der Waals surface area contributed by atoms with Crippen molar-refractivity contribution in [3.05, 3.63) is 20.8 Å². The van der Waals surface area contributed by atoms with Gasteiger partial charge in [-0.2, -0.15) is 13.2 Å². The smallest absolute Gasteiger partial charge is 0.372 e. The lowest BCUT2D eigenvalue weighted by atomic mass is 10.3. The van der Waals surface area contributed by atoms with Crippen LogP contribution in [0.2, 0.25) is 0 Å². The van der Waals surface area contributed by atoms with E-state index in [2.05, 4.69) is 20.7 Å². The highest BCUT2D eigenvalue weighted by Gasteiger charge is 2.27. The Morgan fingerprint density at radius 1 is 1.53 bits per heavy atom. The number of carbonyl (C=O) groups is 1. The minimum atomic E-state index is -4.35. The van der Waals surface area contributed by atoms with E-state index in [0.717, 1.165) is 9.35 Å². The van der Waals surface area contributed by atoms with Crippen LogP contribution in [0.4, 0.5) is 13.2 Å². The molecule has 0 radical (unpaired) electrons. The third-order valence-corrected chi connectivity index (χ3v) is 3.75. The molecule has 19 heavy (non-hydrogen) atoms. The molecule has 0 spiro atoms. The van der Waals surface area contributed by atoms with E-state index in [-0.39, 0.29) is 18.9 Å². The minimum Gasteiger partial charge on any atom is -0.372 e. The Hall–Kier alpha value is -0.600. The summed E-state index contributed by atoms with van der Waals surface area (Å²) in [5.41, 5.74) is 0.976. The maximum atomic E-state index is 11.8. The highest BCUT2D eigenvalue weighted by molar-refractivity contribution is 9.11. The fraction of sp³-hybridized carbons (Fsp3) is 0.545. The van der Waals surface area contributed by atoms with Crippen molar-refractivity contribution >= 4 is 33.2 Å². The lowest BCUT2D eigenvalue weighted by Gasteiger charge is -2.16. The molecular formula is C11H13BrF3NO2S. The molecule has 1 amide bonds. The summed E-state index contributed by atoms with van der Waals surface area (Å²) in [7, 11) is 1.61. The summed E-state index contributed by atoms with van der Waals surface area (Å²) in [5, 5.41) is 1.91. The molecule has 0 saturated heterocycles. The predicted molar refractivity (Wildman–Crippen MR) is 70.0 cm³/mol. The van der Waals surface area contributed by atoms with Crippen molar-refractivity contribution in [2.24, 2.45) is 0 Å². The Bertz CT molecular complexity index is 422. The van der Waals surface area contributed by atoms with Gasteiger partial charge < -0.3 is 9.64 Å². The summed E-state index contributed by atoms with van der Waals surface area (Å²) in [4.78, 5) is 13.1. The molecule has 0 unspecified atom stereocenters. The molecule has 0 fully saturated rings. The van der Waals surface area contributed by atoms with Crippen LogP contribution in [-0.2, 0) is 16.1 Å². The van der Waals surface area contributed by atoms with Crippen molar-refractivity contribution in [1.29, 1.82) is 0 Å². The lowest BCUT2D eigenvalue weighted by molar-refractivity contribution is -0.175. The molecule has 0 aromatic carbocycles. The van der Waals surface area contributed by atoms with Crippen molar-refractivity contribution in [3.8, 4) is 0 Å². The van der Waals surface area contributed by atoms with Gasteiger partial charge >= 0.3 is 6.18 Å². The largest absolute Gasteiger partial charge is 0.411 e. The number of hydrogen-bond acceptors (Lipinski definition) is 3. The quantitative estimate of drug-likeness (QED) is 0.728. The summed E-state index contributed by atoms with van der Waals surface area (Å²) >= 11 is 4.83. The molecule has 8 heteroatoms. The van der Waals surface area contributed by atoms with Gasteiger partial charge in [0.05, 0.1) is 16.8 Å². The van der Waals surface area contributed by atoms with E-state index in [0.29, 0.717) is 6.54 Å². The SMILES string of the molecule is CN(Cc1csc(Br)c1)C(=O)CCOCC(F)(F)F. The van der Waals surface area contributed by atoms with E-state index in [9.17, 15) is 18.0 Å². The van der Waals surface area contributed by atoms with Crippen LogP contribution in [0.25, 0.3) is 0 Å². The van der Waals surface area contributed by atoms with Gasteiger partial charge in [-0.05, 0) is 32.9 Å². The average molecular weight is 360 g/mol. The molecule has 0 N–H and O–H groups in total. The number of carbonyl (C=O) groups excluding carboxylic acids is 1. The van der Waals surface area contributed by atoms with Gasteiger partial charge in [-0.1, -0.05) is 0 Å². The number of halogens is 4. The van der Waals surface area contributed by atoms with Crippen LogP contribution in [0.1, 0.15) is 12.0 Å². The molecule has 1 heterocycles. The summed E-state index contributed by atoms with van der Waals surface area (Å²) in [6.07, 6.45) is -4.41. The van der Waals surface area contributed by atoms with Crippen LogP contribution in [0, 0.1) is 0 Å². The zero-order chi connectivity index (χ0) is 14.5. The average Bonchev–Trinajstić information content (AvgIpc) is 2.68. The molecule has 0 aliphatic heterocycles. The van der Waals surface area contributed by atoms with E-state index in [4.69, 9.17) is 0 Å². The number of alkyl halides is 3. The van der Waals surface area contributed by atoms with Gasteiger partial charge in [0.15, 0.2) is 0 Å². The van der Waals surface area contributed by atoms with Gasteiger partial charge in [0.25, 0.3) is 0 Å². The molecular weight excluding hydrogens is 347 g/mol. The second-order valence-corrected chi connectivity index (χ2v) is 6.22. The van der Waals surface area contributed by atoms with E-state index in [1.54, 1.807) is 7.05 Å². The first-order valence-electron chi connectivity index (χ1n) is 5.39. The zero-order valence-corrected chi connectivity index (χ0v) is 12.6. The number of ether oxygens (including phenoxy) is 1. The molecule has 3 nitrogen and oxygen atoms in total. The van der Waals surface area contributed by atoms with Crippen molar-refractivity contribution in [2.75, 3.05) is 20.3 Å². The number of nitrogens with zero attached hydrogens (tertiary/aromatic N) is 1. The molecule has 0 bridgehead atoms. The molecule has 0 atom stereocenters. The molecule has 0 aliphatic carbocycles. The van der Waals surface area contributed by atoms with Gasteiger partial charge in [0.2, 0.25) is 5.91 Å². The van der Waals surface area contributed by atoms with E-state index >= 15 is 0 Å². The van der Waals surface area contributed by atoms with Crippen molar-refractivity contribution < 1.29 is 22.7 Å². The second kappa shape index (κ2) is 7.25. The lowest BCUT2D eigenvalue weighted by Crippen LogP contribution is -2.27. The number of hydrogen-bond donors (Lipinski definition) is 0. The first kappa shape index (κ1) is 16.5. The molecule has 108 valence electrons. The highest BCUT2D eigenvalue weighted by atomic mass is 79.9. The summed E-state index contributed by atoms with van der Waals surface area (Å²) in [6, 6.07) is 1.90. The standard InChI is InChI=1S/C11H13BrF3NO2S/c1-16(5-8-4-9(12)19-6-8)10(17)2-3-18-7-11(13,14)15/h4,6H,2-3,5,7H2,1H3. The van der Waals surface area contributed by atoms with Crippen LogP contribution >= 0.6 is 27.3 Å². The van der Waals surface area contributed by atoms with Crippen molar-refractivity contribution in [2.45, 2.75) is 19.1 Å². The Morgan fingerprint density at radius 2 is 2.21 bits per heavy atom. The predicted octanol–water partition coefficient (Wildman–Crippen LogP) is 3.44. The van der Waals surface area contributed by atoms with Crippen LogP contribution < -0.4 is 0 Å². The fourth-order valence-electron chi connectivity index (χ4n) is 1.33. The Kier molecular flexibility index (Phi) is 6.28. The van der Waals surface area contributed by atoms with Crippen LogP contribution in [0.3, 0.4) is 0 Å². The van der Waals surface area contributed by atoms with Gasteiger partial charge in [-0.25, -0.2) is 0 Å². The summed E-state index contributed by atoms with van der Waals surface area (Å²) in [6.45, 7) is -1.11. The minimum absolute atomic E-state index is 0.0577. The first-order valence-corrected chi connectivity index (χ1v) is 7.06. The number of amides is 1. The third kappa shape index (κ3) is 6.93. The van der Waals surface area contributed by atoms with E-state index < -0.39 is 12.8 Å². The monoisotopic (exact) mass is 359 g/mol. The highest BCUT2D eigenvalue weighted by Crippen LogP contribution is 2.21. The zero-order valence-electron chi connectivity index (χ0n) is 10.2. The number of rotatable bonds is 6. The molecule has 0 aliphatic rings. The van der Waals surface area contributed by atoms with Crippen LogP contribution in [0.15, 0.2) is 15.2 Å². The third-order valence-electron chi connectivity index (χ3n) is 2.19. The van der Waals surface area contributed by atoms with Gasteiger partial charge in [0, 0.05) is 13.6 Å². The van der Waals surface area contributed by atoms with E-state index in [1.807, 2.05) is 11.4 Å². The molecule has 1 aromatic heterocycles. The normalized spacial score (nSPS) is 11.6. The van der Waals surface area contributed by atoms with Gasteiger partial charge in [-0.15, -0.1) is 11.3 Å². The molecule has 0 saturated carbocycles. The van der Waals surface area contributed by atoms with Crippen molar-refractivity contribution in [1.82, 2.24) is 4.90 Å². The van der Waals surface area contributed by atoms with Crippen LogP contribution in [-0.4, -0.2) is 37.2 Å². The van der Waals surface area contributed by atoms with E-state index in [1.165, 1.54) is 16.2 Å². The second-order valence-electron chi connectivity index (χ2n) is 3.93. The Labute approximate surface area is 121 Å². The summed E-state index contributed by atoms with van der Waals surface area (Å²) < 4.78 is 40.8. The Morgan fingerprint density at radius 3 is 2.74 bits per heavy atom. The Balaban J connectivity index is 2.25. The topological polar surface area (TPSA) is 29.5 Å². The maximum absolute atomic E-state index is 11.8. The number of thiophene rings is 1. The maximum Gasteiger partial charge on any atom is 0.411 e.